The second kappa shape index (κ2) is 8.89. The summed E-state index contributed by atoms with van der Waals surface area (Å²) in [5.41, 5.74) is 11.0. The molecule has 0 bridgehead atoms. The van der Waals surface area contributed by atoms with Crippen molar-refractivity contribution in [1.82, 2.24) is 4.98 Å². The molecule has 0 saturated carbocycles. The maximum absolute atomic E-state index is 13.2. The Morgan fingerprint density at radius 2 is 1.94 bits per heavy atom. The number of nitrogens with zero attached hydrogens (tertiary/aromatic N) is 1. The number of aryl methyl sites for hydroxylation is 2. The van der Waals surface area contributed by atoms with Crippen LogP contribution in [0.5, 0.6) is 0 Å². The van der Waals surface area contributed by atoms with E-state index in [1.54, 1.807) is 0 Å². The second-order valence-corrected chi connectivity index (χ2v) is 10.6. The molecule has 1 aliphatic rings. The van der Waals surface area contributed by atoms with Crippen molar-refractivity contribution in [3.63, 3.8) is 0 Å². The van der Waals surface area contributed by atoms with Crippen molar-refractivity contribution in [2.45, 2.75) is 25.7 Å². The number of aromatic nitrogens is 1. The number of nitrogen functional groups attached to an aromatic ring is 1. The zero-order chi connectivity index (χ0) is 23.1. The van der Waals surface area contributed by atoms with E-state index in [0.29, 0.717) is 26.7 Å². The lowest BCUT2D eigenvalue weighted by Gasteiger charge is -2.14. The highest BCUT2D eigenvalue weighted by Crippen LogP contribution is 2.39. The third-order valence-corrected chi connectivity index (χ3v) is 8.31. The number of esters is 1. The van der Waals surface area contributed by atoms with Gasteiger partial charge in [0, 0.05) is 26.5 Å². The molecule has 1 aromatic carbocycles. The third kappa shape index (κ3) is 4.05. The number of amides is 1. The van der Waals surface area contributed by atoms with Crippen LogP contribution in [0.25, 0.3) is 21.3 Å². The van der Waals surface area contributed by atoms with E-state index in [1.165, 1.54) is 35.3 Å². The van der Waals surface area contributed by atoms with Gasteiger partial charge in [-0.15, -0.1) is 22.7 Å². The first-order valence-corrected chi connectivity index (χ1v) is 12.9. The highest BCUT2D eigenvalue weighted by atomic mass is 79.9. The van der Waals surface area contributed by atoms with E-state index >= 15 is 0 Å². The zero-order valence-corrected chi connectivity index (χ0v) is 21.0. The highest BCUT2D eigenvalue weighted by molar-refractivity contribution is 9.10. The number of pyridine rings is 1. The van der Waals surface area contributed by atoms with Gasteiger partial charge in [0.05, 0.1) is 12.8 Å². The number of hydrogen-bond acceptors (Lipinski definition) is 7. The van der Waals surface area contributed by atoms with Crippen molar-refractivity contribution in [3.8, 4) is 11.1 Å². The Bertz CT molecular complexity index is 1390. The van der Waals surface area contributed by atoms with Gasteiger partial charge in [-0.2, -0.15) is 0 Å². The highest BCUT2D eigenvalue weighted by Gasteiger charge is 2.25. The number of hydrogen-bond donors (Lipinski definition) is 2. The molecule has 168 valence electrons. The van der Waals surface area contributed by atoms with Crippen LogP contribution >= 0.6 is 38.6 Å². The number of nitrogens with two attached hydrogens (primary N) is 1. The summed E-state index contributed by atoms with van der Waals surface area (Å²) in [4.78, 5) is 31.8. The van der Waals surface area contributed by atoms with Crippen molar-refractivity contribution >= 4 is 71.4 Å². The minimum Gasteiger partial charge on any atom is -0.465 e. The van der Waals surface area contributed by atoms with Gasteiger partial charge in [-0.25, -0.2) is 9.78 Å². The normalized spacial score (nSPS) is 13.0. The van der Waals surface area contributed by atoms with Crippen LogP contribution < -0.4 is 11.1 Å². The Labute approximate surface area is 206 Å². The molecule has 3 N–H and O–H groups in total. The van der Waals surface area contributed by atoms with Gasteiger partial charge in [-0.3, -0.25) is 4.79 Å². The molecular weight excluding hydrogens is 522 g/mol. The van der Waals surface area contributed by atoms with Gasteiger partial charge in [0.15, 0.2) is 0 Å². The van der Waals surface area contributed by atoms with Crippen LogP contribution in [-0.4, -0.2) is 24.0 Å². The first-order chi connectivity index (χ1) is 16.0. The number of anilines is 2. The zero-order valence-electron chi connectivity index (χ0n) is 17.7. The summed E-state index contributed by atoms with van der Waals surface area (Å²) in [6.07, 6.45) is 4.23. The fraction of sp³-hybridized carbons (Fsp3) is 0.208. The monoisotopic (exact) mass is 541 g/mol. The van der Waals surface area contributed by atoms with Crippen molar-refractivity contribution in [3.05, 3.63) is 61.9 Å². The summed E-state index contributed by atoms with van der Waals surface area (Å²) in [5, 5.41) is 5.97. The fourth-order valence-corrected chi connectivity index (χ4v) is 6.29. The summed E-state index contributed by atoms with van der Waals surface area (Å²) in [6.45, 7) is 0. The number of nitrogens with one attached hydrogen (secondary N) is 1. The average Bonchev–Trinajstić information content (AvgIpc) is 3.38. The van der Waals surface area contributed by atoms with Gasteiger partial charge < -0.3 is 15.8 Å². The molecule has 3 heterocycles. The molecular formula is C24H20BrN3O3S2. The molecule has 33 heavy (non-hydrogen) atoms. The molecule has 0 radical (unpaired) electrons. The van der Waals surface area contributed by atoms with E-state index < -0.39 is 5.97 Å². The van der Waals surface area contributed by atoms with Gasteiger partial charge >= 0.3 is 5.97 Å². The molecule has 9 heteroatoms. The predicted molar refractivity (Wildman–Crippen MR) is 137 cm³/mol. The van der Waals surface area contributed by atoms with Gasteiger partial charge in [-0.1, -0.05) is 28.1 Å². The fourth-order valence-electron chi connectivity index (χ4n) is 4.08. The smallest absolute Gasteiger partial charge is 0.341 e. The molecule has 1 amide bonds. The number of thiophene rings is 2. The Kier molecular flexibility index (Phi) is 5.94. The number of ether oxygens (including phenoxy) is 1. The molecule has 1 aliphatic carbocycles. The van der Waals surface area contributed by atoms with E-state index in [0.717, 1.165) is 51.6 Å². The van der Waals surface area contributed by atoms with Crippen molar-refractivity contribution < 1.29 is 14.3 Å². The molecule has 0 saturated heterocycles. The first kappa shape index (κ1) is 22.1. The molecule has 0 atom stereocenters. The van der Waals surface area contributed by atoms with Gasteiger partial charge in [-0.05, 0) is 55.0 Å². The van der Waals surface area contributed by atoms with Crippen LogP contribution in [0.4, 0.5) is 10.7 Å². The summed E-state index contributed by atoms with van der Waals surface area (Å²) < 4.78 is 5.95. The summed E-state index contributed by atoms with van der Waals surface area (Å²) in [6, 6.07) is 9.69. The molecule has 4 aromatic rings. The van der Waals surface area contributed by atoms with Crippen LogP contribution in [0.1, 0.15) is 44.1 Å². The van der Waals surface area contributed by atoms with E-state index in [2.05, 4.69) is 27.3 Å². The molecule has 0 fully saturated rings. The number of rotatable bonds is 4. The lowest BCUT2D eigenvalue weighted by molar-refractivity contribution is 0.0603. The van der Waals surface area contributed by atoms with Crippen LogP contribution in [0.15, 0.2) is 40.2 Å². The first-order valence-electron chi connectivity index (χ1n) is 10.4. The lowest BCUT2D eigenvalue weighted by Crippen LogP contribution is -2.14. The number of carbonyl (C=O) groups is 2. The van der Waals surface area contributed by atoms with Crippen LogP contribution in [-0.2, 0) is 17.6 Å². The largest absolute Gasteiger partial charge is 0.465 e. The quantitative estimate of drug-likeness (QED) is 0.296. The predicted octanol–water partition coefficient (Wildman–Crippen LogP) is 6.29. The molecule has 5 rings (SSSR count). The van der Waals surface area contributed by atoms with Gasteiger partial charge in [0.25, 0.3) is 5.91 Å². The standard InChI is InChI=1S/C24H20BrN3O3S2/c1-31-24(30)18-16(12-6-8-14(25)9-7-12)11-32-23(18)28-21(29)20-19(26)15-10-13-4-2-3-5-17(13)27-22(15)33-20/h6-11H,2-5,26H2,1H3,(H,28,29). The number of fused-ring (bicyclic) bond motifs is 2. The summed E-state index contributed by atoms with van der Waals surface area (Å²) >= 11 is 5.99. The van der Waals surface area contributed by atoms with Gasteiger partial charge in [0.2, 0.25) is 0 Å². The summed E-state index contributed by atoms with van der Waals surface area (Å²) in [5.74, 6) is -0.869. The number of halogens is 1. The SMILES string of the molecule is COC(=O)c1c(-c2ccc(Br)cc2)csc1NC(=O)c1sc2nc3c(cc2c1N)CCCC3. The maximum Gasteiger partial charge on any atom is 0.341 e. The third-order valence-electron chi connectivity index (χ3n) is 5.77. The van der Waals surface area contributed by atoms with Gasteiger partial charge in [0.1, 0.15) is 20.3 Å². The Balaban J connectivity index is 1.51. The average molecular weight is 542 g/mol. The number of carbonyl (C=O) groups excluding carboxylic acids is 2. The molecule has 0 spiro atoms. The van der Waals surface area contributed by atoms with Crippen molar-refractivity contribution in [2.24, 2.45) is 0 Å². The topological polar surface area (TPSA) is 94.3 Å². The van der Waals surface area contributed by atoms with Crippen LogP contribution in [0.2, 0.25) is 0 Å². The van der Waals surface area contributed by atoms with E-state index in [-0.39, 0.29) is 5.91 Å². The van der Waals surface area contributed by atoms with Crippen LogP contribution in [0.3, 0.4) is 0 Å². The van der Waals surface area contributed by atoms with E-state index in [9.17, 15) is 9.59 Å². The van der Waals surface area contributed by atoms with E-state index in [1.807, 2.05) is 29.6 Å². The van der Waals surface area contributed by atoms with E-state index in [4.69, 9.17) is 15.5 Å². The minimum atomic E-state index is -0.511. The van der Waals surface area contributed by atoms with Crippen molar-refractivity contribution in [2.75, 3.05) is 18.2 Å². The minimum absolute atomic E-state index is 0.325. The maximum atomic E-state index is 13.2. The molecule has 3 aromatic heterocycles. The molecule has 0 aliphatic heterocycles. The molecule has 0 unspecified atom stereocenters. The Hall–Kier alpha value is -2.75. The number of methoxy groups -OCH3 is 1. The second-order valence-electron chi connectivity index (χ2n) is 7.80. The van der Waals surface area contributed by atoms with Crippen LogP contribution in [0, 0.1) is 0 Å². The summed E-state index contributed by atoms with van der Waals surface area (Å²) in [7, 11) is 1.33. The number of benzene rings is 1. The van der Waals surface area contributed by atoms with Crippen molar-refractivity contribution in [1.29, 1.82) is 0 Å². The molecule has 6 nitrogen and oxygen atoms in total. The Morgan fingerprint density at radius 3 is 2.70 bits per heavy atom. The Morgan fingerprint density at radius 1 is 1.18 bits per heavy atom. The lowest BCUT2D eigenvalue weighted by atomic mass is 9.95.